The number of oxime groups is 1. The minimum atomic E-state index is -1.21. The number of aromatic nitrogens is 5. The van der Waals surface area contributed by atoms with Gasteiger partial charge in [0.2, 0.25) is 0 Å². The van der Waals surface area contributed by atoms with Crippen LogP contribution in [-0.2, 0) is 19.2 Å². The van der Waals surface area contributed by atoms with E-state index in [1.54, 1.807) is 6.92 Å². The number of nitrogens with two attached hydrogens (primary N) is 1. The average Bonchev–Trinajstić information content (AvgIpc) is 3.34. The number of rotatable bonds is 9. The van der Waals surface area contributed by atoms with Crippen LogP contribution in [0.1, 0.15) is 25.5 Å². The summed E-state index contributed by atoms with van der Waals surface area (Å²) in [5.74, 6) is -1.99. The Hall–Kier alpha value is -3.62. The number of carbonyl (C=O) groups is 3. The van der Waals surface area contributed by atoms with Gasteiger partial charge < -0.3 is 21.0 Å². The Kier molecular flexibility index (Phi) is 5.67. The molecule has 1 unspecified atom stereocenters. The number of aromatic amines is 1. The predicted molar refractivity (Wildman–Crippen MR) is 99.0 cm³/mol. The minimum absolute atomic E-state index is 0.00942. The Labute approximate surface area is 167 Å². The lowest BCUT2D eigenvalue weighted by Gasteiger charge is -2.44. The highest BCUT2D eigenvalue weighted by molar-refractivity contribution is 7.13. The summed E-state index contributed by atoms with van der Waals surface area (Å²) in [5.41, 5.74) is 4.41. The molecule has 0 spiro atoms. The zero-order chi connectivity index (χ0) is 21.0. The van der Waals surface area contributed by atoms with E-state index in [0.717, 1.165) is 11.3 Å². The van der Waals surface area contributed by atoms with Gasteiger partial charge in [0, 0.05) is 11.8 Å². The fourth-order valence-electron chi connectivity index (χ4n) is 2.50. The number of carboxylic acid groups (broad SMARTS) is 1. The van der Waals surface area contributed by atoms with Gasteiger partial charge in [0.25, 0.3) is 17.8 Å². The molecule has 1 atom stereocenters. The van der Waals surface area contributed by atoms with Gasteiger partial charge in [-0.1, -0.05) is 10.3 Å². The summed E-state index contributed by atoms with van der Waals surface area (Å²) in [4.78, 5) is 46.1. The summed E-state index contributed by atoms with van der Waals surface area (Å²) in [6, 6.07) is 0. The van der Waals surface area contributed by atoms with Crippen molar-refractivity contribution in [2.45, 2.75) is 25.3 Å². The smallest absolute Gasteiger partial charge is 0.303 e. The Morgan fingerprint density at radius 2 is 2.34 bits per heavy atom. The quantitative estimate of drug-likeness (QED) is 0.163. The summed E-state index contributed by atoms with van der Waals surface area (Å²) >= 11 is 1.11. The minimum Gasteiger partial charge on any atom is -0.481 e. The lowest BCUT2D eigenvalue weighted by molar-refractivity contribution is -0.137. The van der Waals surface area contributed by atoms with E-state index in [9.17, 15) is 14.4 Å². The van der Waals surface area contributed by atoms with Gasteiger partial charge in [-0.3, -0.25) is 19.3 Å². The number of nitrogens with one attached hydrogen (secondary N) is 2. The molecule has 0 radical (unpaired) electrons. The number of β-lactam (4-membered cyclic amide) rings is 1. The van der Waals surface area contributed by atoms with E-state index in [4.69, 9.17) is 15.7 Å². The largest absolute Gasteiger partial charge is 0.481 e. The molecule has 2 aromatic heterocycles. The van der Waals surface area contributed by atoms with Crippen molar-refractivity contribution in [3.63, 3.8) is 0 Å². The third-order valence-electron chi connectivity index (χ3n) is 3.92. The maximum absolute atomic E-state index is 12.8. The molecule has 15 heteroatoms. The van der Waals surface area contributed by atoms with Crippen molar-refractivity contribution in [3.05, 3.63) is 11.1 Å². The van der Waals surface area contributed by atoms with Crippen molar-refractivity contribution < 1.29 is 24.3 Å². The van der Waals surface area contributed by atoms with Crippen molar-refractivity contribution in [2.75, 3.05) is 23.8 Å². The fraction of sp³-hybridized carbons (Fsp3) is 0.429. The summed E-state index contributed by atoms with van der Waals surface area (Å²) in [5, 5.41) is 29.8. The third kappa shape index (κ3) is 4.45. The van der Waals surface area contributed by atoms with Crippen LogP contribution in [0.5, 0.6) is 0 Å². The number of nitrogen functional groups attached to an aromatic ring is 1. The topological polar surface area (TPSA) is 202 Å². The molecule has 0 aliphatic carbocycles. The zero-order valence-electron chi connectivity index (χ0n) is 15.2. The second-order valence-corrected chi connectivity index (χ2v) is 7.12. The molecule has 1 aliphatic rings. The van der Waals surface area contributed by atoms with E-state index in [1.165, 1.54) is 10.3 Å². The lowest BCUT2D eigenvalue weighted by Crippen LogP contribution is -2.73. The van der Waals surface area contributed by atoms with Gasteiger partial charge in [-0.05, 0) is 18.6 Å². The summed E-state index contributed by atoms with van der Waals surface area (Å²) in [6.07, 6.45) is 0.113. The van der Waals surface area contributed by atoms with Crippen molar-refractivity contribution in [1.29, 1.82) is 0 Å². The number of amides is 2. The van der Waals surface area contributed by atoms with Crippen LogP contribution in [0.3, 0.4) is 0 Å². The average molecular weight is 423 g/mol. The number of carbonyl (C=O) groups excluding carboxylic acids is 2. The molecule has 3 rings (SSSR count). The van der Waals surface area contributed by atoms with Crippen molar-refractivity contribution in [2.24, 2.45) is 5.16 Å². The maximum Gasteiger partial charge on any atom is 0.303 e. The van der Waals surface area contributed by atoms with Crippen LogP contribution in [-0.4, -0.2) is 72.9 Å². The lowest BCUT2D eigenvalue weighted by atomic mass is 9.90. The number of nitrogens with zero attached hydrogens (tertiary/aromatic N) is 6. The molecule has 1 aliphatic heterocycles. The second kappa shape index (κ2) is 8.17. The first-order chi connectivity index (χ1) is 13.8. The van der Waals surface area contributed by atoms with Gasteiger partial charge in [-0.25, -0.2) is 4.98 Å². The molecule has 0 bridgehead atoms. The van der Waals surface area contributed by atoms with Gasteiger partial charge in [0.05, 0.1) is 6.54 Å². The Morgan fingerprint density at radius 3 is 2.93 bits per heavy atom. The van der Waals surface area contributed by atoms with Crippen molar-refractivity contribution in [3.8, 4) is 0 Å². The van der Waals surface area contributed by atoms with E-state index in [2.05, 4.69) is 36.1 Å². The molecule has 2 amide bonds. The van der Waals surface area contributed by atoms with Crippen LogP contribution in [0.15, 0.2) is 10.5 Å². The summed E-state index contributed by atoms with van der Waals surface area (Å²) < 4.78 is 0. The number of anilines is 2. The van der Waals surface area contributed by atoms with Crippen LogP contribution in [0.4, 0.5) is 11.1 Å². The number of aliphatic carboxylic acids is 1. The van der Waals surface area contributed by atoms with Crippen LogP contribution < -0.4 is 16.0 Å². The molecule has 2 aromatic rings. The van der Waals surface area contributed by atoms with Crippen molar-refractivity contribution in [1.82, 2.24) is 30.9 Å². The number of H-pyrrole nitrogens is 1. The van der Waals surface area contributed by atoms with Gasteiger partial charge in [0.1, 0.15) is 17.8 Å². The SMILES string of the molecule is CC1(NC(=O)C(=NOCCCC(=O)O)c2csc(N)n2)CN(c2nn[nH]n2)C1=O. The molecular formula is C14H17N9O5S. The van der Waals surface area contributed by atoms with Crippen LogP contribution >= 0.6 is 11.3 Å². The monoisotopic (exact) mass is 423 g/mol. The van der Waals surface area contributed by atoms with Gasteiger partial charge in [-0.2, -0.15) is 5.21 Å². The molecule has 154 valence electrons. The molecule has 5 N–H and O–H groups in total. The first-order valence-corrected chi connectivity index (χ1v) is 9.19. The first kappa shape index (κ1) is 20.1. The number of hydrogen-bond acceptors (Lipinski definition) is 11. The molecule has 0 saturated carbocycles. The number of carboxylic acids is 1. The second-order valence-electron chi connectivity index (χ2n) is 6.23. The summed E-state index contributed by atoms with van der Waals surface area (Å²) in [6.45, 7) is 1.66. The highest BCUT2D eigenvalue weighted by atomic mass is 32.1. The van der Waals surface area contributed by atoms with Crippen molar-refractivity contribution >= 4 is 45.9 Å². The maximum atomic E-state index is 12.8. The Balaban J connectivity index is 1.68. The van der Waals surface area contributed by atoms with Crippen LogP contribution in [0, 0.1) is 0 Å². The van der Waals surface area contributed by atoms with Gasteiger partial charge >= 0.3 is 5.97 Å². The van der Waals surface area contributed by atoms with Gasteiger partial charge in [0.15, 0.2) is 10.8 Å². The normalized spacial score (nSPS) is 19.0. The molecule has 1 saturated heterocycles. The van der Waals surface area contributed by atoms with Crippen LogP contribution in [0.25, 0.3) is 0 Å². The summed E-state index contributed by atoms with van der Waals surface area (Å²) in [7, 11) is 0. The highest BCUT2D eigenvalue weighted by Crippen LogP contribution is 2.26. The number of thiazole rings is 1. The Morgan fingerprint density at radius 1 is 1.55 bits per heavy atom. The van der Waals surface area contributed by atoms with E-state index in [1.807, 2.05) is 0 Å². The predicted octanol–water partition coefficient (Wildman–Crippen LogP) is -1.25. The first-order valence-electron chi connectivity index (χ1n) is 8.31. The molecule has 14 nitrogen and oxygen atoms in total. The van der Waals surface area contributed by atoms with E-state index < -0.39 is 23.3 Å². The molecule has 0 aromatic carbocycles. The molecule has 3 heterocycles. The molecule has 29 heavy (non-hydrogen) atoms. The Bertz CT molecular complexity index is 943. The van der Waals surface area contributed by atoms with E-state index in [0.29, 0.717) is 0 Å². The molecular weight excluding hydrogens is 406 g/mol. The van der Waals surface area contributed by atoms with E-state index in [-0.39, 0.29) is 48.5 Å². The van der Waals surface area contributed by atoms with Gasteiger partial charge in [-0.15, -0.1) is 16.4 Å². The number of hydrogen-bond donors (Lipinski definition) is 4. The van der Waals surface area contributed by atoms with Crippen LogP contribution in [0.2, 0.25) is 0 Å². The zero-order valence-corrected chi connectivity index (χ0v) is 16.0. The standard InChI is InChI=1S/C14H17N9O5S/c1-14(6-23(11(14)27)13-18-21-22-19-13)17-10(26)9(7-5-29-12(15)16-7)20-28-4-2-3-8(24)25/h5H,2-4,6H2,1H3,(H2,15,16)(H,17,26)(H,24,25)(H,18,19,21,22). The highest BCUT2D eigenvalue weighted by Gasteiger charge is 2.52. The number of tetrazole rings is 1. The van der Waals surface area contributed by atoms with E-state index >= 15 is 0 Å². The molecule has 1 fully saturated rings. The fourth-order valence-corrected chi connectivity index (χ4v) is 3.04. The third-order valence-corrected chi connectivity index (χ3v) is 4.59.